The lowest BCUT2D eigenvalue weighted by molar-refractivity contribution is -0.139. The van der Waals surface area contributed by atoms with Crippen LogP contribution in [0.15, 0.2) is 30.3 Å². The minimum atomic E-state index is 0.324. The first-order valence-corrected chi connectivity index (χ1v) is 7.45. The molecule has 0 N–H and O–H groups in total. The van der Waals surface area contributed by atoms with Crippen molar-refractivity contribution in [1.82, 2.24) is 4.90 Å². The molecule has 1 saturated heterocycles. The maximum absolute atomic E-state index is 11.2. The normalized spacial score (nSPS) is 16.8. The molecule has 1 amide bonds. The van der Waals surface area contributed by atoms with Crippen LogP contribution in [0.2, 0.25) is 0 Å². The third kappa shape index (κ3) is 3.25. The molecule has 2 nitrogen and oxygen atoms in total. The van der Waals surface area contributed by atoms with Crippen LogP contribution in [0.3, 0.4) is 0 Å². The minimum absolute atomic E-state index is 0.324. The predicted octanol–water partition coefficient (Wildman–Crippen LogP) is 3.10. The standard InChI is InChI=1S/C14H19NOS/c1-17-13(12-6-3-2-4-7-12)8-5-10-15-11-9-14(15)16/h2-4,6-7,13H,5,8-11H2,1H3. The van der Waals surface area contributed by atoms with Crippen LogP contribution in [0.25, 0.3) is 0 Å². The Bertz CT molecular complexity index is 366. The number of benzene rings is 1. The van der Waals surface area contributed by atoms with Crippen molar-refractivity contribution in [3.8, 4) is 0 Å². The summed E-state index contributed by atoms with van der Waals surface area (Å²) >= 11 is 1.90. The zero-order valence-electron chi connectivity index (χ0n) is 10.3. The van der Waals surface area contributed by atoms with E-state index >= 15 is 0 Å². The molecule has 1 atom stereocenters. The third-order valence-electron chi connectivity index (χ3n) is 3.30. The second kappa shape index (κ2) is 6.10. The Morgan fingerprint density at radius 2 is 2.12 bits per heavy atom. The van der Waals surface area contributed by atoms with Crippen molar-refractivity contribution >= 4 is 17.7 Å². The maximum Gasteiger partial charge on any atom is 0.224 e. The smallest absolute Gasteiger partial charge is 0.224 e. The highest BCUT2D eigenvalue weighted by molar-refractivity contribution is 7.98. The Balaban J connectivity index is 1.78. The molecular formula is C14H19NOS. The monoisotopic (exact) mass is 249 g/mol. The van der Waals surface area contributed by atoms with Gasteiger partial charge in [-0.15, -0.1) is 0 Å². The summed E-state index contributed by atoms with van der Waals surface area (Å²) in [6, 6.07) is 10.6. The number of likely N-dealkylation sites (tertiary alicyclic amines) is 1. The van der Waals surface area contributed by atoms with Gasteiger partial charge in [-0.3, -0.25) is 4.79 Å². The van der Waals surface area contributed by atoms with Crippen molar-refractivity contribution in [1.29, 1.82) is 0 Å². The fraction of sp³-hybridized carbons (Fsp3) is 0.500. The molecule has 1 heterocycles. The van der Waals surface area contributed by atoms with Crippen LogP contribution < -0.4 is 0 Å². The molecule has 0 aromatic heterocycles. The molecule has 0 radical (unpaired) electrons. The lowest BCUT2D eigenvalue weighted by Gasteiger charge is -2.31. The molecule has 17 heavy (non-hydrogen) atoms. The number of nitrogens with zero attached hydrogens (tertiary/aromatic N) is 1. The summed E-state index contributed by atoms with van der Waals surface area (Å²) in [6.45, 7) is 1.90. The van der Waals surface area contributed by atoms with Gasteiger partial charge in [0.2, 0.25) is 5.91 Å². The molecule has 1 aliphatic heterocycles. The van der Waals surface area contributed by atoms with Crippen LogP contribution >= 0.6 is 11.8 Å². The highest BCUT2D eigenvalue weighted by Gasteiger charge is 2.22. The first kappa shape index (κ1) is 12.5. The average Bonchev–Trinajstić information content (AvgIpc) is 2.38. The van der Waals surface area contributed by atoms with Gasteiger partial charge in [0.15, 0.2) is 0 Å². The summed E-state index contributed by atoms with van der Waals surface area (Å²) in [5, 5.41) is 0.563. The molecule has 0 spiro atoms. The van der Waals surface area contributed by atoms with Crippen LogP contribution in [-0.2, 0) is 4.79 Å². The fourth-order valence-electron chi connectivity index (χ4n) is 2.15. The average molecular weight is 249 g/mol. The quantitative estimate of drug-likeness (QED) is 0.722. The Hall–Kier alpha value is -0.960. The molecular weight excluding hydrogens is 230 g/mol. The zero-order chi connectivity index (χ0) is 12.1. The molecule has 1 fully saturated rings. The van der Waals surface area contributed by atoms with Crippen molar-refractivity contribution in [2.24, 2.45) is 0 Å². The summed E-state index contributed by atoms with van der Waals surface area (Å²) in [5.74, 6) is 0.324. The Kier molecular flexibility index (Phi) is 4.49. The minimum Gasteiger partial charge on any atom is -0.342 e. The van der Waals surface area contributed by atoms with E-state index in [0.29, 0.717) is 11.2 Å². The largest absolute Gasteiger partial charge is 0.342 e. The first-order chi connectivity index (χ1) is 8.31. The van der Waals surface area contributed by atoms with Gasteiger partial charge in [-0.05, 0) is 24.7 Å². The first-order valence-electron chi connectivity index (χ1n) is 6.17. The predicted molar refractivity (Wildman–Crippen MR) is 73.1 cm³/mol. The van der Waals surface area contributed by atoms with E-state index in [9.17, 15) is 4.79 Å². The van der Waals surface area contributed by atoms with Crippen molar-refractivity contribution in [2.75, 3.05) is 19.3 Å². The van der Waals surface area contributed by atoms with Crippen LogP contribution in [-0.4, -0.2) is 30.2 Å². The fourth-order valence-corrected chi connectivity index (χ4v) is 2.99. The molecule has 0 saturated carbocycles. The molecule has 0 aliphatic carbocycles. The summed E-state index contributed by atoms with van der Waals surface area (Å²) in [7, 11) is 0. The molecule has 3 heteroatoms. The Morgan fingerprint density at radius 1 is 1.35 bits per heavy atom. The Morgan fingerprint density at radius 3 is 2.65 bits per heavy atom. The summed E-state index contributed by atoms with van der Waals surface area (Å²) in [5.41, 5.74) is 1.40. The molecule has 1 aliphatic rings. The van der Waals surface area contributed by atoms with Crippen LogP contribution in [0.4, 0.5) is 0 Å². The number of hydrogen-bond donors (Lipinski definition) is 0. The van der Waals surface area contributed by atoms with E-state index in [-0.39, 0.29) is 0 Å². The van der Waals surface area contributed by atoms with Gasteiger partial charge in [-0.1, -0.05) is 30.3 Å². The van der Waals surface area contributed by atoms with Gasteiger partial charge >= 0.3 is 0 Å². The van der Waals surface area contributed by atoms with E-state index in [1.807, 2.05) is 16.7 Å². The van der Waals surface area contributed by atoms with Crippen LogP contribution in [0.5, 0.6) is 0 Å². The van der Waals surface area contributed by atoms with Gasteiger partial charge < -0.3 is 4.90 Å². The number of β-lactam (4-membered cyclic amide) rings is 1. The molecule has 1 aromatic rings. The van der Waals surface area contributed by atoms with Gasteiger partial charge in [-0.25, -0.2) is 0 Å². The summed E-state index contributed by atoms with van der Waals surface area (Å²) in [6.07, 6.45) is 5.16. The lowest BCUT2D eigenvalue weighted by Crippen LogP contribution is -2.43. The number of hydrogen-bond acceptors (Lipinski definition) is 2. The number of carbonyl (C=O) groups is 1. The van der Waals surface area contributed by atoms with Crippen molar-refractivity contribution < 1.29 is 4.79 Å². The number of carbonyl (C=O) groups excluding carboxylic acids is 1. The van der Waals surface area contributed by atoms with Gasteiger partial charge in [0.1, 0.15) is 0 Å². The van der Waals surface area contributed by atoms with E-state index in [0.717, 1.165) is 32.4 Å². The second-order valence-corrected chi connectivity index (χ2v) is 5.45. The number of amides is 1. The van der Waals surface area contributed by atoms with E-state index < -0.39 is 0 Å². The van der Waals surface area contributed by atoms with Gasteiger partial charge in [0.25, 0.3) is 0 Å². The molecule has 1 unspecified atom stereocenters. The lowest BCUT2D eigenvalue weighted by atomic mass is 10.1. The van der Waals surface area contributed by atoms with E-state index in [1.165, 1.54) is 5.56 Å². The summed E-state index contributed by atoms with van der Waals surface area (Å²) in [4.78, 5) is 13.1. The number of rotatable bonds is 6. The number of thioether (sulfide) groups is 1. The highest BCUT2D eigenvalue weighted by Crippen LogP contribution is 2.31. The second-order valence-electron chi connectivity index (χ2n) is 4.41. The third-order valence-corrected chi connectivity index (χ3v) is 4.38. The van der Waals surface area contributed by atoms with Crippen LogP contribution in [0.1, 0.15) is 30.1 Å². The van der Waals surface area contributed by atoms with E-state index in [4.69, 9.17) is 0 Å². The van der Waals surface area contributed by atoms with Crippen molar-refractivity contribution in [2.45, 2.75) is 24.5 Å². The SMILES string of the molecule is CSC(CCCN1CCC1=O)c1ccccc1. The van der Waals surface area contributed by atoms with Crippen LogP contribution in [0, 0.1) is 0 Å². The zero-order valence-corrected chi connectivity index (χ0v) is 11.1. The topological polar surface area (TPSA) is 20.3 Å². The van der Waals surface area contributed by atoms with Gasteiger partial charge in [-0.2, -0.15) is 11.8 Å². The van der Waals surface area contributed by atoms with E-state index in [1.54, 1.807) is 0 Å². The van der Waals surface area contributed by atoms with Crippen molar-refractivity contribution in [3.05, 3.63) is 35.9 Å². The van der Waals surface area contributed by atoms with E-state index in [2.05, 4.69) is 36.6 Å². The summed E-state index contributed by atoms with van der Waals surface area (Å²) < 4.78 is 0. The molecule has 92 valence electrons. The molecule has 1 aromatic carbocycles. The van der Waals surface area contributed by atoms with Gasteiger partial charge in [0, 0.05) is 24.8 Å². The molecule has 0 bridgehead atoms. The van der Waals surface area contributed by atoms with Gasteiger partial charge in [0.05, 0.1) is 0 Å². The molecule has 2 rings (SSSR count). The Labute approximate surface area is 107 Å². The maximum atomic E-state index is 11.2. The highest BCUT2D eigenvalue weighted by atomic mass is 32.2. The van der Waals surface area contributed by atoms with Crippen molar-refractivity contribution in [3.63, 3.8) is 0 Å².